The molecule has 13 heavy (non-hydrogen) atoms. The van der Waals surface area contributed by atoms with Gasteiger partial charge in [0.15, 0.2) is 0 Å². The summed E-state index contributed by atoms with van der Waals surface area (Å²) in [7, 11) is 0. The van der Waals surface area contributed by atoms with Gasteiger partial charge in [-0.05, 0) is 44.6 Å². The molecule has 0 radical (unpaired) electrons. The summed E-state index contributed by atoms with van der Waals surface area (Å²) in [5.41, 5.74) is 6.14. The second kappa shape index (κ2) is 4.97. The molecular weight excluding hydrogens is 160 g/mol. The first-order chi connectivity index (χ1) is 6.22. The van der Waals surface area contributed by atoms with Crippen LogP contribution in [0, 0.1) is 5.92 Å². The molecule has 78 valence electrons. The van der Waals surface area contributed by atoms with Gasteiger partial charge in [-0.25, -0.2) is 0 Å². The highest BCUT2D eigenvalue weighted by molar-refractivity contribution is 4.92. The van der Waals surface area contributed by atoms with Crippen molar-refractivity contribution in [3.05, 3.63) is 0 Å². The van der Waals surface area contributed by atoms with E-state index in [1.165, 1.54) is 32.1 Å². The monoisotopic (exact) mass is 184 g/mol. The van der Waals surface area contributed by atoms with E-state index >= 15 is 0 Å². The predicted octanol–water partition coefficient (Wildman–Crippen LogP) is 1.89. The van der Waals surface area contributed by atoms with Crippen LogP contribution in [0.2, 0.25) is 0 Å². The molecule has 0 bridgehead atoms. The van der Waals surface area contributed by atoms with E-state index in [2.05, 4.69) is 19.2 Å². The number of nitrogens with one attached hydrogen (secondary N) is 1. The zero-order valence-electron chi connectivity index (χ0n) is 9.10. The minimum Gasteiger partial charge on any atom is -0.329 e. The quantitative estimate of drug-likeness (QED) is 0.700. The van der Waals surface area contributed by atoms with E-state index in [0.29, 0.717) is 0 Å². The van der Waals surface area contributed by atoms with Crippen LogP contribution in [0.5, 0.6) is 0 Å². The summed E-state index contributed by atoms with van der Waals surface area (Å²) in [5.74, 6) is 0.906. The molecule has 0 aromatic carbocycles. The second-order valence-corrected chi connectivity index (χ2v) is 4.59. The molecule has 0 aliphatic heterocycles. The molecule has 0 amide bonds. The van der Waals surface area contributed by atoms with Crippen molar-refractivity contribution in [3.8, 4) is 0 Å². The van der Waals surface area contributed by atoms with E-state index in [-0.39, 0.29) is 5.54 Å². The number of nitrogens with two attached hydrogens (primary N) is 1. The van der Waals surface area contributed by atoms with Gasteiger partial charge in [-0.2, -0.15) is 0 Å². The molecule has 0 spiro atoms. The number of hydrogen-bond donors (Lipinski definition) is 2. The van der Waals surface area contributed by atoms with Crippen LogP contribution in [-0.2, 0) is 0 Å². The van der Waals surface area contributed by atoms with Gasteiger partial charge in [-0.15, -0.1) is 0 Å². The molecule has 1 aliphatic rings. The lowest BCUT2D eigenvalue weighted by atomic mass is 9.77. The molecule has 0 unspecified atom stereocenters. The van der Waals surface area contributed by atoms with E-state index in [0.717, 1.165) is 19.0 Å². The molecule has 0 aromatic heterocycles. The van der Waals surface area contributed by atoms with Crippen LogP contribution in [0.4, 0.5) is 0 Å². The number of hydrogen-bond acceptors (Lipinski definition) is 2. The Balaban J connectivity index is 2.40. The smallest absolute Gasteiger partial charge is 0.0304 e. The summed E-state index contributed by atoms with van der Waals surface area (Å²) in [6, 6.07) is 0. The van der Waals surface area contributed by atoms with Crippen molar-refractivity contribution < 1.29 is 0 Å². The third kappa shape index (κ3) is 2.96. The Kier molecular flexibility index (Phi) is 4.20. The maximum absolute atomic E-state index is 5.86. The maximum atomic E-state index is 5.86. The van der Waals surface area contributed by atoms with Crippen LogP contribution in [-0.4, -0.2) is 18.6 Å². The summed E-state index contributed by atoms with van der Waals surface area (Å²) < 4.78 is 0. The van der Waals surface area contributed by atoms with Gasteiger partial charge < -0.3 is 11.1 Å². The Hall–Kier alpha value is -0.0800. The van der Waals surface area contributed by atoms with E-state index < -0.39 is 0 Å². The highest BCUT2D eigenvalue weighted by Gasteiger charge is 2.31. The lowest BCUT2D eigenvalue weighted by molar-refractivity contribution is 0.202. The Morgan fingerprint density at radius 1 is 1.38 bits per heavy atom. The Bertz CT molecular complexity index is 132. The lowest BCUT2D eigenvalue weighted by Gasteiger charge is -2.39. The van der Waals surface area contributed by atoms with E-state index in [4.69, 9.17) is 5.73 Å². The summed E-state index contributed by atoms with van der Waals surface area (Å²) in [6.07, 6.45) is 6.43. The van der Waals surface area contributed by atoms with E-state index in [1.807, 2.05) is 0 Å². The Labute approximate surface area is 82.3 Å². The first kappa shape index (κ1) is 11.0. The Morgan fingerprint density at radius 3 is 2.46 bits per heavy atom. The SMILES string of the molecule is CCCNC1(CN)CCC(C)CC1. The van der Waals surface area contributed by atoms with Gasteiger partial charge in [-0.3, -0.25) is 0 Å². The van der Waals surface area contributed by atoms with Crippen molar-refractivity contribution in [2.45, 2.75) is 51.5 Å². The van der Waals surface area contributed by atoms with Crippen LogP contribution in [0.25, 0.3) is 0 Å². The maximum Gasteiger partial charge on any atom is 0.0304 e. The molecular formula is C11H24N2. The van der Waals surface area contributed by atoms with Gasteiger partial charge in [0, 0.05) is 12.1 Å². The molecule has 1 aliphatic carbocycles. The minimum absolute atomic E-state index is 0.280. The fourth-order valence-electron chi connectivity index (χ4n) is 2.16. The third-order valence-electron chi connectivity index (χ3n) is 3.37. The van der Waals surface area contributed by atoms with Crippen LogP contribution in [0.15, 0.2) is 0 Å². The molecule has 1 rings (SSSR count). The molecule has 2 heteroatoms. The summed E-state index contributed by atoms with van der Waals surface area (Å²) in [5, 5.41) is 3.63. The molecule has 1 fully saturated rings. The standard InChI is InChI=1S/C11H24N2/c1-3-8-13-11(9-12)6-4-10(2)5-7-11/h10,13H,3-9,12H2,1-2H3. The van der Waals surface area contributed by atoms with Crippen molar-refractivity contribution in [1.82, 2.24) is 5.32 Å². The van der Waals surface area contributed by atoms with Gasteiger partial charge in [0.25, 0.3) is 0 Å². The molecule has 0 aromatic rings. The first-order valence-corrected chi connectivity index (χ1v) is 5.67. The van der Waals surface area contributed by atoms with E-state index in [9.17, 15) is 0 Å². The summed E-state index contributed by atoms with van der Waals surface area (Å²) >= 11 is 0. The van der Waals surface area contributed by atoms with E-state index in [1.54, 1.807) is 0 Å². The second-order valence-electron chi connectivity index (χ2n) is 4.59. The van der Waals surface area contributed by atoms with Crippen molar-refractivity contribution in [3.63, 3.8) is 0 Å². The predicted molar refractivity (Wildman–Crippen MR) is 57.7 cm³/mol. The molecule has 1 saturated carbocycles. The van der Waals surface area contributed by atoms with Gasteiger partial charge in [-0.1, -0.05) is 13.8 Å². The summed E-state index contributed by atoms with van der Waals surface area (Å²) in [4.78, 5) is 0. The molecule has 0 atom stereocenters. The van der Waals surface area contributed by atoms with Crippen molar-refractivity contribution in [2.75, 3.05) is 13.1 Å². The molecule has 3 N–H and O–H groups in total. The van der Waals surface area contributed by atoms with Gasteiger partial charge in [0.05, 0.1) is 0 Å². The highest BCUT2D eigenvalue weighted by atomic mass is 15.0. The molecule has 0 saturated heterocycles. The van der Waals surface area contributed by atoms with Crippen molar-refractivity contribution in [2.24, 2.45) is 11.7 Å². The summed E-state index contributed by atoms with van der Waals surface area (Å²) in [6.45, 7) is 6.48. The number of rotatable bonds is 4. The van der Waals surface area contributed by atoms with Crippen LogP contribution in [0.1, 0.15) is 46.0 Å². The lowest BCUT2D eigenvalue weighted by Crippen LogP contribution is -2.53. The fourth-order valence-corrected chi connectivity index (χ4v) is 2.16. The highest BCUT2D eigenvalue weighted by Crippen LogP contribution is 2.30. The average molecular weight is 184 g/mol. The van der Waals surface area contributed by atoms with Gasteiger partial charge >= 0.3 is 0 Å². The van der Waals surface area contributed by atoms with Crippen molar-refractivity contribution >= 4 is 0 Å². The fraction of sp³-hybridized carbons (Fsp3) is 1.00. The zero-order chi connectivity index (χ0) is 9.73. The molecule has 0 heterocycles. The Morgan fingerprint density at radius 2 is 2.00 bits per heavy atom. The van der Waals surface area contributed by atoms with Gasteiger partial charge in [0.2, 0.25) is 0 Å². The largest absolute Gasteiger partial charge is 0.329 e. The zero-order valence-corrected chi connectivity index (χ0v) is 9.10. The van der Waals surface area contributed by atoms with Crippen LogP contribution in [0.3, 0.4) is 0 Å². The minimum atomic E-state index is 0.280. The average Bonchev–Trinajstić information content (AvgIpc) is 2.18. The first-order valence-electron chi connectivity index (χ1n) is 5.67. The molecule has 2 nitrogen and oxygen atoms in total. The van der Waals surface area contributed by atoms with Crippen LogP contribution < -0.4 is 11.1 Å². The normalized spacial score (nSPS) is 34.8. The van der Waals surface area contributed by atoms with Gasteiger partial charge in [0.1, 0.15) is 0 Å². The van der Waals surface area contributed by atoms with Crippen LogP contribution >= 0.6 is 0 Å². The third-order valence-corrected chi connectivity index (χ3v) is 3.37. The van der Waals surface area contributed by atoms with Crippen molar-refractivity contribution in [1.29, 1.82) is 0 Å². The topological polar surface area (TPSA) is 38.0 Å².